The minimum Gasteiger partial charge on any atom is -0.744 e. The zero-order valence-electron chi connectivity index (χ0n) is 7.44. The number of rotatable bonds is 1. The van der Waals surface area contributed by atoms with Gasteiger partial charge in [-0.3, -0.25) is 0 Å². The van der Waals surface area contributed by atoms with Crippen LogP contribution < -0.4 is 35.3 Å². The summed E-state index contributed by atoms with van der Waals surface area (Å²) in [5.41, 5.74) is 6.01. The Morgan fingerprint density at radius 3 is 2.31 bits per heavy atom. The molecular weight excluding hydrogens is 201 g/mol. The van der Waals surface area contributed by atoms with Crippen LogP contribution in [0.15, 0.2) is 23.1 Å². The summed E-state index contributed by atoms with van der Waals surface area (Å²) in [6.07, 6.45) is 0. The van der Waals surface area contributed by atoms with Crippen LogP contribution in [-0.2, 0) is 10.1 Å². The number of hydrogen-bond donors (Lipinski definition) is 1. The van der Waals surface area contributed by atoms with Crippen LogP contribution in [0.25, 0.3) is 0 Å². The van der Waals surface area contributed by atoms with Gasteiger partial charge in [-0.25, -0.2) is 8.42 Å². The topological polar surface area (TPSA) is 83.2 Å². The largest absolute Gasteiger partial charge is 1.00 e. The van der Waals surface area contributed by atoms with Gasteiger partial charge in [0.1, 0.15) is 10.1 Å². The zero-order chi connectivity index (χ0) is 9.35. The number of benzene rings is 1. The molecule has 13 heavy (non-hydrogen) atoms. The maximum atomic E-state index is 10.6. The molecule has 4 nitrogen and oxygen atoms in total. The van der Waals surface area contributed by atoms with E-state index in [9.17, 15) is 13.0 Å². The van der Waals surface area contributed by atoms with Crippen molar-refractivity contribution in [3.63, 3.8) is 0 Å². The van der Waals surface area contributed by atoms with E-state index in [0.717, 1.165) is 6.07 Å². The van der Waals surface area contributed by atoms with E-state index >= 15 is 0 Å². The average Bonchev–Trinajstić information content (AvgIpc) is 1.92. The minimum absolute atomic E-state index is 0. The van der Waals surface area contributed by atoms with Crippen molar-refractivity contribution >= 4 is 15.8 Å². The van der Waals surface area contributed by atoms with Gasteiger partial charge in [0, 0.05) is 5.69 Å². The summed E-state index contributed by atoms with van der Waals surface area (Å²) in [6, 6.07) is 4.21. The molecule has 2 N–H and O–H groups in total. The van der Waals surface area contributed by atoms with Gasteiger partial charge >= 0.3 is 29.6 Å². The molecule has 0 saturated carbocycles. The number of nitrogen functional groups attached to an aromatic ring is 1. The smallest absolute Gasteiger partial charge is 0.744 e. The molecule has 6 heteroatoms. The number of nitrogens with two attached hydrogens (primary N) is 1. The zero-order valence-corrected chi connectivity index (χ0v) is 10.3. The molecule has 0 aromatic heterocycles. The fraction of sp³-hybridized carbons (Fsp3) is 0.143. The number of hydrogen-bond acceptors (Lipinski definition) is 4. The second-order valence-electron chi connectivity index (χ2n) is 2.48. The van der Waals surface area contributed by atoms with Gasteiger partial charge in [0.2, 0.25) is 0 Å². The normalized spacial score (nSPS) is 10.6. The molecule has 66 valence electrons. The summed E-state index contributed by atoms with van der Waals surface area (Å²) in [5.74, 6) is 0. The van der Waals surface area contributed by atoms with Crippen molar-refractivity contribution in [2.24, 2.45) is 0 Å². The maximum absolute atomic E-state index is 10.6. The summed E-state index contributed by atoms with van der Waals surface area (Å²) in [7, 11) is -4.39. The fourth-order valence-electron chi connectivity index (χ4n) is 0.886. The summed E-state index contributed by atoms with van der Waals surface area (Å²) in [6.45, 7) is 1.55. The van der Waals surface area contributed by atoms with E-state index in [1.54, 1.807) is 13.0 Å². The third kappa shape index (κ3) is 3.28. The molecule has 1 rings (SSSR count). The Kier molecular flexibility index (Phi) is 4.41. The van der Waals surface area contributed by atoms with E-state index < -0.39 is 10.1 Å². The molecule has 0 atom stereocenters. The van der Waals surface area contributed by atoms with Crippen LogP contribution in [0.5, 0.6) is 0 Å². The van der Waals surface area contributed by atoms with Gasteiger partial charge in [0.25, 0.3) is 0 Å². The van der Waals surface area contributed by atoms with Crippen molar-refractivity contribution in [2.45, 2.75) is 11.8 Å². The summed E-state index contributed by atoms with van der Waals surface area (Å²) >= 11 is 0. The monoisotopic (exact) mass is 209 g/mol. The quantitative estimate of drug-likeness (QED) is 0.314. The van der Waals surface area contributed by atoms with E-state index in [4.69, 9.17) is 5.73 Å². The van der Waals surface area contributed by atoms with Crippen molar-refractivity contribution in [2.75, 3.05) is 5.73 Å². The Bertz CT molecular complexity index is 402. The molecule has 0 aliphatic heterocycles. The minimum atomic E-state index is -4.39. The predicted molar refractivity (Wildman–Crippen MR) is 43.6 cm³/mol. The molecule has 0 heterocycles. The molecule has 0 bridgehead atoms. The Hall–Kier alpha value is -0.0700. The van der Waals surface area contributed by atoms with E-state index in [2.05, 4.69) is 0 Å². The Labute approximate surface area is 99.2 Å². The molecule has 0 unspecified atom stereocenters. The first-order valence-corrected chi connectivity index (χ1v) is 4.64. The van der Waals surface area contributed by atoms with Gasteiger partial charge in [-0.2, -0.15) is 0 Å². The third-order valence-electron chi connectivity index (χ3n) is 1.48. The van der Waals surface area contributed by atoms with Crippen molar-refractivity contribution in [1.29, 1.82) is 0 Å². The first kappa shape index (κ1) is 12.9. The maximum Gasteiger partial charge on any atom is 1.00 e. The van der Waals surface area contributed by atoms with Crippen molar-refractivity contribution in [3.05, 3.63) is 23.8 Å². The third-order valence-corrected chi connectivity index (χ3v) is 2.46. The molecule has 1 aromatic rings. The van der Waals surface area contributed by atoms with Crippen molar-refractivity contribution in [1.82, 2.24) is 0 Å². The van der Waals surface area contributed by atoms with Crippen LogP contribution in [0.4, 0.5) is 5.69 Å². The number of aryl methyl sites for hydroxylation is 1. The molecule has 0 fully saturated rings. The Morgan fingerprint density at radius 1 is 1.38 bits per heavy atom. The van der Waals surface area contributed by atoms with Crippen molar-refractivity contribution < 1.29 is 42.5 Å². The molecule has 0 saturated heterocycles. The summed E-state index contributed by atoms with van der Waals surface area (Å²) in [5, 5.41) is 0. The average molecular weight is 209 g/mol. The molecule has 1 aromatic carbocycles. The van der Waals surface area contributed by atoms with E-state index in [1.807, 2.05) is 0 Å². The summed E-state index contributed by atoms with van der Waals surface area (Å²) in [4.78, 5) is -0.248. The predicted octanol–water partition coefficient (Wildman–Crippen LogP) is -2.51. The summed E-state index contributed by atoms with van der Waals surface area (Å²) < 4.78 is 31.8. The standard InChI is InChI=1S/C7H9NO3S.Na/c1-5-2-3-6(8)4-7(5)12(9,10)11;/h2-4H,8H2,1H3,(H,9,10,11);/q;+1/p-1. The van der Waals surface area contributed by atoms with Crippen LogP contribution in [0, 0.1) is 6.92 Å². The Morgan fingerprint density at radius 2 is 1.92 bits per heavy atom. The van der Waals surface area contributed by atoms with Crippen LogP contribution in [0.3, 0.4) is 0 Å². The van der Waals surface area contributed by atoms with Gasteiger partial charge in [0.05, 0.1) is 4.90 Å². The van der Waals surface area contributed by atoms with E-state index in [-0.39, 0.29) is 40.1 Å². The second kappa shape index (κ2) is 4.43. The van der Waals surface area contributed by atoms with Gasteiger partial charge in [-0.05, 0) is 24.6 Å². The van der Waals surface area contributed by atoms with Gasteiger partial charge in [0.15, 0.2) is 0 Å². The second-order valence-corrected chi connectivity index (χ2v) is 3.83. The van der Waals surface area contributed by atoms with Crippen LogP contribution >= 0.6 is 0 Å². The van der Waals surface area contributed by atoms with Crippen molar-refractivity contribution in [3.8, 4) is 0 Å². The van der Waals surface area contributed by atoms with Crippen LogP contribution in [-0.4, -0.2) is 13.0 Å². The van der Waals surface area contributed by atoms with Crippen LogP contribution in [0.1, 0.15) is 5.56 Å². The molecular formula is C7H8NNaO3S. The molecule has 0 amide bonds. The van der Waals surface area contributed by atoms with E-state index in [0.29, 0.717) is 5.56 Å². The molecule has 0 aliphatic carbocycles. The van der Waals surface area contributed by atoms with Crippen LogP contribution in [0.2, 0.25) is 0 Å². The SMILES string of the molecule is Cc1ccc(N)cc1S(=O)(=O)[O-].[Na+]. The molecule has 0 aliphatic rings. The first-order chi connectivity index (χ1) is 5.41. The first-order valence-electron chi connectivity index (χ1n) is 3.23. The molecule has 0 radical (unpaired) electrons. The number of anilines is 1. The fourth-order valence-corrected chi connectivity index (χ4v) is 1.63. The Balaban J connectivity index is 0.00000144. The van der Waals surface area contributed by atoms with Gasteiger partial charge < -0.3 is 10.3 Å². The van der Waals surface area contributed by atoms with Gasteiger partial charge in [-0.1, -0.05) is 6.07 Å². The van der Waals surface area contributed by atoms with E-state index in [1.165, 1.54) is 6.07 Å². The molecule has 0 spiro atoms. The van der Waals surface area contributed by atoms with Gasteiger partial charge in [-0.15, -0.1) is 0 Å².